The third-order valence-electron chi connectivity index (χ3n) is 3.05. The Bertz CT molecular complexity index is 208. The summed E-state index contributed by atoms with van der Waals surface area (Å²) in [5.41, 5.74) is 5.25. The van der Waals surface area contributed by atoms with Gasteiger partial charge in [0.2, 0.25) is 5.91 Å². The summed E-state index contributed by atoms with van der Waals surface area (Å²) in [5, 5.41) is 3.29. The lowest BCUT2D eigenvalue weighted by atomic mass is 10.1. The molecule has 0 spiro atoms. The van der Waals surface area contributed by atoms with E-state index in [0.29, 0.717) is 6.04 Å². The van der Waals surface area contributed by atoms with E-state index in [1.165, 1.54) is 6.42 Å². The van der Waals surface area contributed by atoms with Crippen molar-refractivity contribution in [3.63, 3.8) is 0 Å². The summed E-state index contributed by atoms with van der Waals surface area (Å²) >= 11 is 0. The maximum atomic E-state index is 10.9. The van der Waals surface area contributed by atoms with Crippen LogP contribution in [0.15, 0.2) is 0 Å². The van der Waals surface area contributed by atoms with Gasteiger partial charge < -0.3 is 16.0 Å². The molecule has 0 aliphatic carbocycles. The molecule has 0 aromatic heterocycles. The van der Waals surface area contributed by atoms with E-state index in [0.717, 1.165) is 32.4 Å². The molecule has 0 aromatic carbocycles. The number of rotatable bonds is 6. The van der Waals surface area contributed by atoms with Gasteiger partial charge in [0.1, 0.15) is 0 Å². The van der Waals surface area contributed by atoms with Crippen LogP contribution in [0, 0.1) is 0 Å². The molecule has 0 saturated carbocycles. The van der Waals surface area contributed by atoms with E-state index in [4.69, 9.17) is 5.73 Å². The average molecular weight is 213 g/mol. The van der Waals surface area contributed by atoms with E-state index in [1.54, 1.807) is 0 Å². The van der Waals surface area contributed by atoms with Gasteiger partial charge in [0.05, 0.1) is 6.04 Å². The van der Waals surface area contributed by atoms with E-state index >= 15 is 0 Å². The fraction of sp³-hybridized carbons (Fsp3) is 0.909. The second kappa shape index (κ2) is 6.08. The van der Waals surface area contributed by atoms with Gasteiger partial charge in [-0.25, -0.2) is 0 Å². The fourth-order valence-corrected chi connectivity index (χ4v) is 2.14. The molecule has 0 bridgehead atoms. The molecule has 0 aromatic rings. The van der Waals surface area contributed by atoms with Crippen LogP contribution in [0.5, 0.6) is 0 Å². The second-order valence-corrected chi connectivity index (χ2v) is 4.49. The first kappa shape index (κ1) is 12.5. The number of hydrogen-bond acceptors (Lipinski definition) is 3. The standard InChI is InChI=1S/C11H23N3O/c1-3-7-14(2)8-6-9-4-5-10(13-9)11(12)15/h9-10,13H,3-8H2,1-2H3,(H2,12,15). The molecule has 2 atom stereocenters. The molecular weight excluding hydrogens is 190 g/mol. The highest BCUT2D eigenvalue weighted by Gasteiger charge is 2.26. The van der Waals surface area contributed by atoms with Crippen molar-refractivity contribution in [2.45, 2.75) is 44.7 Å². The maximum absolute atomic E-state index is 10.9. The van der Waals surface area contributed by atoms with Gasteiger partial charge in [0, 0.05) is 6.04 Å². The largest absolute Gasteiger partial charge is 0.368 e. The van der Waals surface area contributed by atoms with Gasteiger partial charge in [-0.3, -0.25) is 4.79 Å². The number of nitrogens with two attached hydrogens (primary N) is 1. The van der Waals surface area contributed by atoms with Crippen LogP contribution in [0.3, 0.4) is 0 Å². The van der Waals surface area contributed by atoms with Crippen molar-refractivity contribution in [2.75, 3.05) is 20.1 Å². The summed E-state index contributed by atoms with van der Waals surface area (Å²) < 4.78 is 0. The minimum Gasteiger partial charge on any atom is -0.368 e. The number of hydrogen-bond donors (Lipinski definition) is 2. The molecular formula is C11H23N3O. The molecule has 2 unspecified atom stereocenters. The topological polar surface area (TPSA) is 58.4 Å². The van der Waals surface area contributed by atoms with Gasteiger partial charge in [-0.1, -0.05) is 6.92 Å². The molecule has 1 saturated heterocycles. The lowest BCUT2D eigenvalue weighted by molar-refractivity contribution is -0.119. The second-order valence-electron chi connectivity index (χ2n) is 4.49. The van der Waals surface area contributed by atoms with Crippen LogP contribution < -0.4 is 11.1 Å². The number of carbonyl (C=O) groups is 1. The number of nitrogens with zero attached hydrogens (tertiary/aromatic N) is 1. The lowest BCUT2D eigenvalue weighted by Gasteiger charge is -2.18. The third kappa shape index (κ3) is 4.18. The van der Waals surface area contributed by atoms with Crippen LogP contribution in [-0.4, -0.2) is 43.0 Å². The van der Waals surface area contributed by atoms with Crippen molar-refractivity contribution in [1.82, 2.24) is 10.2 Å². The van der Waals surface area contributed by atoms with Gasteiger partial charge in [0.25, 0.3) is 0 Å². The first-order valence-electron chi connectivity index (χ1n) is 5.87. The first-order chi connectivity index (χ1) is 7.13. The molecule has 1 aliphatic heterocycles. The normalized spacial score (nSPS) is 26.1. The zero-order valence-electron chi connectivity index (χ0n) is 9.83. The molecule has 4 nitrogen and oxygen atoms in total. The Balaban J connectivity index is 2.16. The maximum Gasteiger partial charge on any atom is 0.234 e. The molecule has 3 N–H and O–H groups in total. The highest BCUT2D eigenvalue weighted by Crippen LogP contribution is 2.14. The van der Waals surface area contributed by atoms with Crippen LogP contribution >= 0.6 is 0 Å². The van der Waals surface area contributed by atoms with Gasteiger partial charge in [-0.15, -0.1) is 0 Å². The van der Waals surface area contributed by atoms with Crippen LogP contribution in [0.25, 0.3) is 0 Å². The quantitative estimate of drug-likeness (QED) is 0.668. The zero-order chi connectivity index (χ0) is 11.3. The predicted molar refractivity (Wildman–Crippen MR) is 61.5 cm³/mol. The Morgan fingerprint density at radius 3 is 2.73 bits per heavy atom. The third-order valence-corrected chi connectivity index (χ3v) is 3.05. The monoisotopic (exact) mass is 213 g/mol. The van der Waals surface area contributed by atoms with Crippen LogP contribution in [0.4, 0.5) is 0 Å². The molecule has 1 rings (SSSR count). The zero-order valence-corrected chi connectivity index (χ0v) is 9.83. The SMILES string of the molecule is CCCN(C)CCC1CCC(C(N)=O)N1. The first-order valence-corrected chi connectivity index (χ1v) is 5.87. The number of amides is 1. The van der Waals surface area contributed by atoms with Crippen molar-refractivity contribution < 1.29 is 4.79 Å². The Morgan fingerprint density at radius 2 is 2.20 bits per heavy atom. The molecule has 1 heterocycles. The van der Waals surface area contributed by atoms with Gasteiger partial charge >= 0.3 is 0 Å². The molecule has 1 fully saturated rings. The van der Waals surface area contributed by atoms with Crippen LogP contribution in [0.1, 0.15) is 32.6 Å². The van der Waals surface area contributed by atoms with E-state index in [9.17, 15) is 4.79 Å². The summed E-state index contributed by atoms with van der Waals surface area (Å²) in [4.78, 5) is 13.3. The summed E-state index contributed by atoms with van der Waals surface area (Å²) in [7, 11) is 2.14. The minimum absolute atomic E-state index is 0.0912. The number of carbonyl (C=O) groups excluding carboxylic acids is 1. The Kier molecular flexibility index (Phi) is 5.05. The number of primary amides is 1. The van der Waals surface area contributed by atoms with Crippen molar-refractivity contribution >= 4 is 5.91 Å². The van der Waals surface area contributed by atoms with Crippen molar-refractivity contribution in [3.05, 3.63) is 0 Å². The summed E-state index contributed by atoms with van der Waals surface area (Å²) in [6, 6.07) is 0.383. The van der Waals surface area contributed by atoms with Crippen molar-refractivity contribution in [2.24, 2.45) is 5.73 Å². The molecule has 15 heavy (non-hydrogen) atoms. The minimum atomic E-state index is -0.209. The molecule has 88 valence electrons. The average Bonchev–Trinajstić information content (AvgIpc) is 2.63. The predicted octanol–water partition coefficient (Wildman–Crippen LogP) is 0.324. The molecule has 0 radical (unpaired) electrons. The van der Waals surface area contributed by atoms with Gasteiger partial charge in [-0.05, 0) is 45.8 Å². The van der Waals surface area contributed by atoms with Crippen LogP contribution in [0.2, 0.25) is 0 Å². The van der Waals surface area contributed by atoms with E-state index in [-0.39, 0.29) is 11.9 Å². The Hall–Kier alpha value is -0.610. The fourth-order valence-electron chi connectivity index (χ4n) is 2.14. The molecule has 1 amide bonds. The van der Waals surface area contributed by atoms with Crippen molar-refractivity contribution in [3.8, 4) is 0 Å². The highest BCUT2D eigenvalue weighted by molar-refractivity contribution is 5.80. The number of nitrogens with one attached hydrogen (secondary N) is 1. The lowest BCUT2D eigenvalue weighted by Crippen LogP contribution is -2.40. The van der Waals surface area contributed by atoms with Gasteiger partial charge in [0.15, 0.2) is 0 Å². The van der Waals surface area contributed by atoms with Crippen LogP contribution in [-0.2, 0) is 4.79 Å². The Morgan fingerprint density at radius 1 is 1.47 bits per heavy atom. The van der Waals surface area contributed by atoms with E-state index in [2.05, 4.69) is 24.2 Å². The molecule has 1 aliphatic rings. The Labute approximate surface area is 92.2 Å². The van der Waals surface area contributed by atoms with E-state index in [1.807, 2.05) is 0 Å². The van der Waals surface area contributed by atoms with Gasteiger partial charge in [-0.2, -0.15) is 0 Å². The smallest absolute Gasteiger partial charge is 0.234 e. The summed E-state index contributed by atoms with van der Waals surface area (Å²) in [5.74, 6) is -0.209. The summed E-state index contributed by atoms with van der Waals surface area (Å²) in [6.07, 6.45) is 4.28. The summed E-state index contributed by atoms with van der Waals surface area (Å²) in [6.45, 7) is 4.43. The highest BCUT2D eigenvalue weighted by atomic mass is 16.1. The molecule has 4 heteroatoms. The van der Waals surface area contributed by atoms with Crippen molar-refractivity contribution in [1.29, 1.82) is 0 Å². The van der Waals surface area contributed by atoms with E-state index < -0.39 is 0 Å².